The van der Waals surface area contributed by atoms with E-state index in [2.05, 4.69) is 32.0 Å². The van der Waals surface area contributed by atoms with Crippen LogP contribution < -0.4 is 10.6 Å². The summed E-state index contributed by atoms with van der Waals surface area (Å²) in [6, 6.07) is 3.71. The number of nitrogens with zero attached hydrogens (tertiary/aromatic N) is 4. The first kappa shape index (κ1) is 17.8. The van der Waals surface area contributed by atoms with Crippen molar-refractivity contribution < 1.29 is 4.79 Å². The zero-order valence-electron chi connectivity index (χ0n) is 15.6. The van der Waals surface area contributed by atoms with Crippen LogP contribution in [0.2, 0.25) is 0 Å². The molecule has 1 amide bonds. The standard InChI is InChI=1S/C19H26N6O2/c1-13-4-2-8-24(11-13)16-10-14(6-7-20-16)18(26)25-9-3-5-15(12-25)17-21-19(27)23-22-17/h6-7,10,13,15H,2-5,8-9,11-12H2,1H3,(H2,21,22,23,27). The third-order valence-electron chi connectivity index (χ3n) is 5.59. The zero-order valence-corrected chi connectivity index (χ0v) is 15.6. The fourth-order valence-electron chi connectivity index (χ4n) is 4.17. The van der Waals surface area contributed by atoms with Crippen molar-refractivity contribution in [2.24, 2.45) is 5.92 Å². The number of pyridine rings is 1. The van der Waals surface area contributed by atoms with Gasteiger partial charge in [-0.15, -0.1) is 0 Å². The van der Waals surface area contributed by atoms with Gasteiger partial charge in [0.2, 0.25) is 0 Å². The minimum absolute atomic E-state index is 0.0197. The van der Waals surface area contributed by atoms with Crippen LogP contribution in [-0.4, -0.2) is 57.2 Å². The van der Waals surface area contributed by atoms with Gasteiger partial charge in [0, 0.05) is 43.9 Å². The topological polar surface area (TPSA) is 98.0 Å². The molecule has 0 saturated carbocycles. The molecule has 4 rings (SSSR count). The third-order valence-corrected chi connectivity index (χ3v) is 5.59. The Balaban J connectivity index is 1.48. The molecule has 0 radical (unpaired) electrons. The molecular formula is C19H26N6O2. The van der Waals surface area contributed by atoms with Crippen molar-refractivity contribution in [3.05, 3.63) is 40.2 Å². The first-order chi connectivity index (χ1) is 13.1. The second kappa shape index (κ2) is 7.54. The predicted molar refractivity (Wildman–Crippen MR) is 102 cm³/mol. The lowest BCUT2D eigenvalue weighted by molar-refractivity contribution is 0.0704. The van der Waals surface area contributed by atoms with E-state index in [-0.39, 0.29) is 17.5 Å². The molecule has 0 spiro atoms. The summed E-state index contributed by atoms with van der Waals surface area (Å²) in [5.41, 5.74) is 0.373. The number of hydrogen-bond donors (Lipinski definition) is 2. The lowest BCUT2D eigenvalue weighted by Crippen LogP contribution is -2.39. The van der Waals surface area contributed by atoms with Crippen molar-refractivity contribution in [1.82, 2.24) is 25.1 Å². The summed E-state index contributed by atoms with van der Waals surface area (Å²) in [4.78, 5) is 35.7. The number of carbonyl (C=O) groups is 1. The Labute approximate surface area is 158 Å². The van der Waals surface area contributed by atoms with Gasteiger partial charge < -0.3 is 9.80 Å². The fourth-order valence-corrected chi connectivity index (χ4v) is 4.17. The summed E-state index contributed by atoms with van der Waals surface area (Å²) in [6.07, 6.45) is 5.95. The van der Waals surface area contributed by atoms with E-state index in [1.165, 1.54) is 6.42 Å². The highest BCUT2D eigenvalue weighted by atomic mass is 16.2. The van der Waals surface area contributed by atoms with Gasteiger partial charge in [-0.3, -0.25) is 9.78 Å². The van der Waals surface area contributed by atoms with Crippen molar-refractivity contribution in [2.75, 3.05) is 31.1 Å². The maximum atomic E-state index is 13.1. The van der Waals surface area contributed by atoms with Crippen LogP contribution in [0, 0.1) is 5.92 Å². The van der Waals surface area contributed by atoms with Crippen LogP contribution in [0.5, 0.6) is 0 Å². The summed E-state index contributed by atoms with van der Waals surface area (Å²) < 4.78 is 0. The summed E-state index contributed by atoms with van der Waals surface area (Å²) in [5.74, 6) is 2.25. The van der Waals surface area contributed by atoms with Gasteiger partial charge in [-0.05, 0) is 43.7 Å². The summed E-state index contributed by atoms with van der Waals surface area (Å²) in [7, 11) is 0. The highest BCUT2D eigenvalue weighted by Gasteiger charge is 2.28. The Morgan fingerprint density at radius 2 is 2.07 bits per heavy atom. The van der Waals surface area contributed by atoms with Crippen LogP contribution in [0.4, 0.5) is 5.82 Å². The first-order valence-corrected chi connectivity index (χ1v) is 9.75. The molecule has 4 heterocycles. The molecule has 2 saturated heterocycles. The first-order valence-electron chi connectivity index (χ1n) is 9.75. The molecule has 2 N–H and O–H groups in total. The molecule has 2 aromatic rings. The molecule has 2 aliphatic rings. The maximum absolute atomic E-state index is 13.1. The highest BCUT2D eigenvalue weighted by molar-refractivity contribution is 5.95. The van der Waals surface area contributed by atoms with E-state index in [9.17, 15) is 9.59 Å². The van der Waals surface area contributed by atoms with Crippen molar-refractivity contribution >= 4 is 11.7 Å². The van der Waals surface area contributed by atoms with E-state index >= 15 is 0 Å². The second-order valence-corrected chi connectivity index (χ2v) is 7.75. The lowest BCUT2D eigenvalue weighted by Gasteiger charge is -2.33. The number of rotatable bonds is 3. The van der Waals surface area contributed by atoms with Crippen molar-refractivity contribution in [1.29, 1.82) is 0 Å². The number of aromatic nitrogens is 4. The number of carbonyl (C=O) groups excluding carboxylic acids is 1. The molecule has 27 heavy (non-hydrogen) atoms. The van der Waals surface area contributed by atoms with Crippen molar-refractivity contribution in [2.45, 2.75) is 38.5 Å². The summed E-state index contributed by atoms with van der Waals surface area (Å²) in [5, 5.41) is 6.45. The normalized spacial score (nSPS) is 23.4. The molecular weight excluding hydrogens is 344 g/mol. The second-order valence-electron chi connectivity index (χ2n) is 7.75. The van der Waals surface area contributed by atoms with E-state index in [0.717, 1.165) is 44.7 Å². The Kier molecular flexibility index (Phi) is 4.96. The Bertz CT molecular complexity index is 860. The van der Waals surface area contributed by atoms with E-state index in [0.29, 0.717) is 23.9 Å². The molecule has 0 aromatic carbocycles. The monoisotopic (exact) mass is 370 g/mol. The molecule has 0 bridgehead atoms. The number of piperidine rings is 2. The molecule has 144 valence electrons. The number of aromatic amines is 2. The van der Waals surface area contributed by atoms with Crippen LogP contribution >= 0.6 is 0 Å². The van der Waals surface area contributed by atoms with Gasteiger partial charge in [0.1, 0.15) is 11.6 Å². The van der Waals surface area contributed by atoms with E-state index in [4.69, 9.17) is 0 Å². The average Bonchev–Trinajstić information content (AvgIpc) is 3.14. The van der Waals surface area contributed by atoms with Gasteiger partial charge in [0.15, 0.2) is 0 Å². The van der Waals surface area contributed by atoms with E-state index < -0.39 is 0 Å². The number of anilines is 1. The SMILES string of the molecule is CC1CCCN(c2cc(C(=O)N3CCCC(c4n[nH]c(=O)[nH]4)C3)ccn2)C1. The molecule has 2 unspecified atom stereocenters. The largest absolute Gasteiger partial charge is 0.356 e. The van der Waals surface area contributed by atoms with E-state index in [1.807, 2.05) is 11.0 Å². The van der Waals surface area contributed by atoms with Gasteiger partial charge in [-0.1, -0.05) is 6.92 Å². The molecule has 2 fully saturated rings. The molecule has 2 atom stereocenters. The number of hydrogen-bond acceptors (Lipinski definition) is 5. The molecule has 8 heteroatoms. The van der Waals surface area contributed by atoms with Crippen LogP contribution in [0.15, 0.2) is 23.1 Å². The molecule has 2 aromatic heterocycles. The van der Waals surface area contributed by atoms with Crippen LogP contribution in [0.1, 0.15) is 54.7 Å². The molecule has 8 nitrogen and oxygen atoms in total. The maximum Gasteiger partial charge on any atom is 0.340 e. The van der Waals surface area contributed by atoms with Crippen molar-refractivity contribution in [3.8, 4) is 0 Å². The zero-order chi connectivity index (χ0) is 18.8. The van der Waals surface area contributed by atoms with Gasteiger partial charge in [-0.2, -0.15) is 5.10 Å². The van der Waals surface area contributed by atoms with Gasteiger partial charge in [0.25, 0.3) is 5.91 Å². The van der Waals surface area contributed by atoms with Gasteiger partial charge in [0.05, 0.1) is 0 Å². The molecule has 2 aliphatic heterocycles. The highest BCUT2D eigenvalue weighted by Crippen LogP contribution is 2.26. The number of likely N-dealkylation sites (tertiary alicyclic amines) is 1. The number of H-pyrrole nitrogens is 2. The lowest BCUT2D eigenvalue weighted by atomic mass is 9.96. The van der Waals surface area contributed by atoms with E-state index in [1.54, 1.807) is 12.3 Å². The van der Waals surface area contributed by atoms with Crippen LogP contribution in [0.3, 0.4) is 0 Å². The fraction of sp³-hybridized carbons (Fsp3) is 0.579. The predicted octanol–water partition coefficient (Wildman–Crippen LogP) is 1.75. The Morgan fingerprint density at radius 1 is 1.22 bits per heavy atom. The minimum Gasteiger partial charge on any atom is -0.356 e. The third kappa shape index (κ3) is 3.89. The van der Waals surface area contributed by atoms with Crippen LogP contribution in [0.25, 0.3) is 0 Å². The average molecular weight is 370 g/mol. The van der Waals surface area contributed by atoms with Gasteiger partial charge in [-0.25, -0.2) is 14.9 Å². The number of nitrogens with one attached hydrogen (secondary N) is 2. The van der Waals surface area contributed by atoms with Gasteiger partial charge >= 0.3 is 5.69 Å². The van der Waals surface area contributed by atoms with Crippen molar-refractivity contribution in [3.63, 3.8) is 0 Å². The quantitative estimate of drug-likeness (QED) is 0.858. The van der Waals surface area contributed by atoms with Crippen LogP contribution in [-0.2, 0) is 0 Å². The summed E-state index contributed by atoms with van der Waals surface area (Å²) in [6.45, 7) is 5.53. The Hall–Kier alpha value is -2.64. The number of amides is 1. The Morgan fingerprint density at radius 3 is 2.85 bits per heavy atom. The molecule has 0 aliphatic carbocycles. The summed E-state index contributed by atoms with van der Waals surface area (Å²) >= 11 is 0. The smallest absolute Gasteiger partial charge is 0.340 e. The minimum atomic E-state index is -0.303.